The van der Waals surface area contributed by atoms with Gasteiger partial charge in [-0.2, -0.15) is 0 Å². The van der Waals surface area contributed by atoms with Crippen LogP contribution in [0.3, 0.4) is 0 Å². The quantitative estimate of drug-likeness (QED) is 0.798. The molecule has 2 aliphatic heterocycles. The molecule has 2 fully saturated rings. The highest BCUT2D eigenvalue weighted by atomic mass is 16.5. The van der Waals surface area contributed by atoms with Crippen LogP contribution in [-0.4, -0.2) is 51.9 Å². The molecule has 0 radical (unpaired) electrons. The van der Waals surface area contributed by atoms with Crippen LogP contribution in [0, 0.1) is 6.92 Å². The van der Waals surface area contributed by atoms with Crippen molar-refractivity contribution < 1.29 is 14.1 Å². The van der Waals surface area contributed by atoms with Crippen molar-refractivity contribution in [1.29, 1.82) is 0 Å². The number of hydrogen-bond acceptors (Lipinski definition) is 4. The summed E-state index contributed by atoms with van der Waals surface area (Å²) in [5.41, 5.74) is 1.72. The van der Waals surface area contributed by atoms with Gasteiger partial charge in [0.1, 0.15) is 5.76 Å². The molecule has 2 unspecified atom stereocenters. The number of amides is 2. The normalized spacial score (nSPS) is 26.7. The summed E-state index contributed by atoms with van der Waals surface area (Å²) in [5.74, 6) is 0.679. The van der Waals surface area contributed by atoms with Crippen molar-refractivity contribution in [3.8, 4) is 0 Å². The van der Waals surface area contributed by atoms with Crippen molar-refractivity contribution in [2.75, 3.05) is 13.1 Å². The Hall–Kier alpha value is -2.11. The van der Waals surface area contributed by atoms with E-state index < -0.39 is 0 Å². The summed E-state index contributed by atoms with van der Waals surface area (Å²) in [6.07, 6.45) is 8.28. The van der Waals surface area contributed by atoms with Crippen LogP contribution in [0.1, 0.15) is 54.8 Å². The second kappa shape index (κ2) is 6.07. The maximum Gasteiger partial charge on any atom is 0.276 e. The van der Waals surface area contributed by atoms with E-state index >= 15 is 0 Å². The molecule has 0 spiro atoms. The highest BCUT2D eigenvalue weighted by molar-refractivity contribution is 5.94. The van der Waals surface area contributed by atoms with Gasteiger partial charge < -0.3 is 14.3 Å². The first-order valence-electron chi connectivity index (χ1n) is 8.85. The fraction of sp³-hybridized carbons (Fsp3) is 0.611. The van der Waals surface area contributed by atoms with Gasteiger partial charge in [-0.3, -0.25) is 9.59 Å². The minimum absolute atomic E-state index is 0.0220. The lowest BCUT2D eigenvalue weighted by Gasteiger charge is -2.27. The van der Waals surface area contributed by atoms with Gasteiger partial charge in [-0.15, -0.1) is 0 Å². The second-order valence-corrected chi connectivity index (χ2v) is 7.08. The smallest absolute Gasteiger partial charge is 0.276 e. The molecule has 3 aliphatic rings. The van der Waals surface area contributed by atoms with E-state index in [1.54, 1.807) is 13.0 Å². The molecule has 128 valence electrons. The summed E-state index contributed by atoms with van der Waals surface area (Å²) < 4.78 is 5.02. The molecule has 1 aliphatic carbocycles. The number of carbonyl (C=O) groups excluding carboxylic acids is 2. The lowest BCUT2D eigenvalue weighted by molar-refractivity contribution is -0.128. The summed E-state index contributed by atoms with van der Waals surface area (Å²) in [5, 5.41) is 3.83. The highest BCUT2D eigenvalue weighted by Gasteiger charge is 2.48. The third-order valence-electron chi connectivity index (χ3n) is 5.48. The standard InChI is InChI=1S/C18H23N3O3/c1-12-9-14(19-24-12)18(23)20-8-7-15-16(20)10-17(22)21(15)11-13-5-3-2-4-6-13/h5,9,15-16H,2-4,6-8,10-11H2,1H3. The minimum atomic E-state index is -0.120. The van der Waals surface area contributed by atoms with Gasteiger partial charge in [0, 0.05) is 25.6 Å². The predicted octanol–water partition coefficient (Wildman–Crippen LogP) is 2.30. The zero-order chi connectivity index (χ0) is 16.7. The molecule has 1 aromatic heterocycles. The van der Waals surface area contributed by atoms with E-state index in [0.717, 1.165) is 25.8 Å². The number of hydrogen-bond donors (Lipinski definition) is 0. The molecule has 6 heteroatoms. The monoisotopic (exact) mass is 329 g/mol. The lowest BCUT2D eigenvalue weighted by Crippen LogP contribution is -2.40. The number of aromatic nitrogens is 1. The van der Waals surface area contributed by atoms with Gasteiger partial charge in [0.05, 0.1) is 12.1 Å². The Bertz CT molecular complexity index is 693. The Morgan fingerprint density at radius 2 is 2.25 bits per heavy atom. The molecule has 0 aromatic carbocycles. The van der Waals surface area contributed by atoms with E-state index in [9.17, 15) is 9.59 Å². The summed E-state index contributed by atoms with van der Waals surface area (Å²) >= 11 is 0. The van der Waals surface area contributed by atoms with E-state index in [-0.39, 0.29) is 23.9 Å². The van der Waals surface area contributed by atoms with Crippen LogP contribution in [-0.2, 0) is 4.79 Å². The Labute approximate surface area is 141 Å². The summed E-state index contributed by atoms with van der Waals surface area (Å²) in [7, 11) is 0. The van der Waals surface area contributed by atoms with Crippen LogP contribution in [0.4, 0.5) is 0 Å². The van der Waals surface area contributed by atoms with E-state index in [4.69, 9.17) is 4.52 Å². The number of nitrogens with zero attached hydrogens (tertiary/aromatic N) is 3. The number of allylic oxidation sites excluding steroid dienone is 1. The number of fused-ring (bicyclic) bond motifs is 1. The molecule has 1 aromatic rings. The highest BCUT2D eigenvalue weighted by Crippen LogP contribution is 2.34. The number of aryl methyl sites for hydroxylation is 1. The van der Waals surface area contributed by atoms with Gasteiger partial charge in [0.25, 0.3) is 5.91 Å². The molecule has 2 saturated heterocycles. The summed E-state index contributed by atoms with van der Waals surface area (Å²) in [4.78, 5) is 29.0. The Kier molecular flexibility index (Phi) is 3.90. The van der Waals surface area contributed by atoms with E-state index in [1.807, 2.05) is 9.80 Å². The lowest BCUT2D eigenvalue weighted by atomic mass is 9.99. The SMILES string of the molecule is Cc1cc(C(=O)N2CCC3C2CC(=O)N3CC2=CCCCC2)no1. The molecule has 4 rings (SSSR count). The molecule has 6 nitrogen and oxygen atoms in total. The Morgan fingerprint density at radius 3 is 2.96 bits per heavy atom. The molecule has 3 heterocycles. The third kappa shape index (κ3) is 2.64. The first-order chi connectivity index (χ1) is 11.6. The molecular formula is C18H23N3O3. The molecular weight excluding hydrogens is 306 g/mol. The van der Waals surface area contributed by atoms with Crippen LogP contribution in [0.25, 0.3) is 0 Å². The number of likely N-dealkylation sites (tertiary alicyclic amines) is 2. The zero-order valence-electron chi connectivity index (χ0n) is 14.0. The van der Waals surface area contributed by atoms with E-state index in [1.165, 1.54) is 18.4 Å². The third-order valence-corrected chi connectivity index (χ3v) is 5.48. The van der Waals surface area contributed by atoms with Crippen LogP contribution in [0.5, 0.6) is 0 Å². The first-order valence-corrected chi connectivity index (χ1v) is 8.85. The van der Waals surface area contributed by atoms with Gasteiger partial charge in [0.2, 0.25) is 5.91 Å². The molecule has 2 atom stereocenters. The van der Waals surface area contributed by atoms with Crippen LogP contribution >= 0.6 is 0 Å². The largest absolute Gasteiger partial charge is 0.361 e. The Morgan fingerprint density at radius 1 is 1.38 bits per heavy atom. The zero-order valence-corrected chi connectivity index (χ0v) is 14.0. The molecule has 0 bridgehead atoms. The van der Waals surface area contributed by atoms with Gasteiger partial charge in [-0.1, -0.05) is 16.8 Å². The van der Waals surface area contributed by atoms with Gasteiger partial charge in [0.15, 0.2) is 5.69 Å². The van der Waals surface area contributed by atoms with Crippen molar-refractivity contribution in [3.05, 3.63) is 29.2 Å². The van der Waals surface area contributed by atoms with Crippen LogP contribution < -0.4 is 0 Å². The van der Waals surface area contributed by atoms with Crippen molar-refractivity contribution in [1.82, 2.24) is 15.0 Å². The van der Waals surface area contributed by atoms with Crippen LogP contribution in [0.15, 0.2) is 22.2 Å². The molecule has 2 amide bonds. The van der Waals surface area contributed by atoms with Crippen molar-refractivity contribution >= 4 is 11.8 Å². The van der Waals surface area contributed by atoms with E-state index in [0.29, 0.717) is 24.4 Å². The maximum absolute atomic E-state index is 12.7. The van der Waals surface area contributed by atoms with Crippen molar-refractivity contribution in [2.45, 2.75) is 57.5 Å². The van der Waals surface area contributed by atoms with Crippen molar-refractivity contribution in [2.24, 2.45) is 0 Å². The summed E-state index contributed by atoms with van der Waals surface area (Å²) in [6, 6.07) is 1.79. The number of carbonyl (C=O) groups is 2. The fourth-order valence-corrected chi connectivity index (χ4v) is 4.27. The van der Waals surface area contributed by atoms with Gasteiger partial charge >= 0.3 is 0 Å². The topological polar surface area (TPSA) is 66.7 Å². The predicted molar refractivity (Wildman–Crippen MR) is 87.4 cm³/mol. The average molecular weight is 329 g/mol. The second-order valence-electron chi connectivity index (χ2n) is 7.08. The fourth-order valence-electron chi connectivity index (χ4n) is 4.27. The molecule has 0 saturated carbocycles. The van der Waals surface area contributed by atoms with Crippen molar-refractivity contribution in [3.63, 3.8) is 0 Å². The van der Waals surface area contributed by atoms with Gasteiger partial charge in [-0.05, 0) is 39.0 Å². The maximum atomic E-state index is 12.7. The van der Waals surface area contributed by atoms with Gasteiger partial charge in [-0.25, -0.2) is 0 Å². The number of rotatable bonds is 3. The Balaban J connectivity index is 1.48. The minimum Gasteiger partial charge on any atom is -0.361 e. The average Bonchev–Trinajstić information content (AvgIpc) is 3.26. The molecule has 0 N–H and O–H groups in total. The first kappa shape index (κ1) is 15.4. The van der Waals surface area contributed by atoms with E-state index in [2.05, 4.69) is 11.2 Å². The van der Waals surface area contributed by atoms with Crippen LogP contribution in [0.2, 0.25) is 0 Å². The summed E-state index contributed by atoms with van der Waals surface area (Å²) in [6.45, 7) is 3.20. The molecule has 24 heavy (non-hydrogen) atoms.